The molecule has 1 fully saturated rings. The molecule has 1 aliphatic rings. The van der Waals surface area contributed by atoms with Crippen molar-refractivity contribution in [2.24, 2.45) is 0 Å². The molecule has 0 aromatic heterocycles. The van der Waals surface area contributed by atoms with Crippen LogP contribution in [0.2, 0.25) is 0 Å². The standard InChI is InChI=1S/C5H7NO3/c7-3-6-5(8)9-4-1-2-4/h3-4H,1-2H2,(H,6,7,8). The van der Waals surface area contributed by atoms with Crippen molar-refractivity contribution in [2.45, 2.75) is 18.9 Å². The average molecular weight is 129 g/mol. The molecule has 0 bridgehead atoms. The van der Waals surface area contributed by atoms with Gasteiger partial charge in [0.25, 0.3) is 0 Å². The molecule has 0 radical (unpaired) electrons. The van der Waals surface area contributed by atoms with Gasteiger partial charge in [0, 0.05) is 0 Å². The third-order valence-electron chi connectivity index (χ3n) is 0.975. The molecular formula is C5H7NO3. The van der Waals surface area contributed by atoms with Gasteiger partial charge in [-0.25, -0.2) is 4.79 Å². The highest BCUT2D eigenvalue weighted by molar-refractivity contribution is 5.79. The second kappa shape index (κ2) is 2.48. The molecular weight excluding hydrogens is 122 g/mol. The van der Waals surface area contributed by atoms with Crippen LogP contribution in [0.4, 0.5) is 4.79 Å². The second-order valence-electron chi connectivity index (χ2n) is 1.87. The fraction of sp³-hybridized carbons (Fsp3) is 0.600. The number of rotatable bonds is 2. The maximum Gasteiger partial charge on any atom is 0.413 e. The Hall–Kier alpha value is -1.06. The van der Waals surface area contributed by atoms with Crippen molar-refractivity contribution >= 4 is 12.5 Å². The summed E-state index contributed by atoms with van der Waals surface area (Å²) in [6.07, 6.45) is 1.57. The molecule has 1 saturated carbocycles. The number of hydrogen-bond acceptors (Lipinski definition) is 3. The van der Waals surface area contributed by atoms with Crippen molar-refractivity contribution in [1.29, 1.82) is 0 Å². The van der Waals surface area contributed by atoms with E-state index in [0.717, 1.165) is 12.8 Å². The largest absolute Gasteiger partial charge is 0.446 e. The minimum absolute atomic E-state index is 0.0601. The summed E-state index contributed by atoms with van der Waals surface area (Å²) in [6, 6.07) is 0. The number of ether oxygens (including phenoxy) is 1. The van der Waals surface area contributed by atoms with Crippen LogP contribution in [0, 0.1) is 0 Å². The van der Waals surface area contributed by atoms with E-state index in [2.05, 4.69) is 4.74 Å². The highest BCUT2D eigenvalue weighted by atomic mass is 16.6. The molecule has 50 valence electrons. The molecule has 1 aliphatic carbocycles. The van der Waals surface area contributed by atoms with Crippen LogP contribution in [0.3, 0.4) is 0 Å². The van der Waals surface area contributed by atoms with Crippen LogP contribution < -0.4 is 5.32 Å². The fourth-order valence-corrected chi connectivity index (χ4v) is 0.419. The van der Waals surface area contributed by atoms with E-state index in [1.165, 1.54) is 0 Å². The van der Waals surface area contributed by atoms with Gasteiger partial charge in [-0.1, -0.05) is 0 Å². The van der Waals surface area contributed by atoms with E-state index in [0.29, 0.717) is 6.41 Å². The maximum atomic E-state index is 10.3. The third kappa shape index (κ3) is 2.12. The first kappa shape index (κ1) is 6.07. The third-order valence-corrected chi connectivity index (χ3v) is 0.975. The summed E-state index contributed by atoms with van der Waals surface area (Å²) in [4.78, 5) is 19.9. The van der Waals surface area contributed by atoms with Crippen LogP contribution in [-0.4, -0.2) is 18.6 Å². The predicted molar refractivity (Wildman–Crippen MR) is 28.7 cm³/mol. The lowest BCUT2D eigenvalue weighted by atomic mass is 10.8. The van der Waals surface area contributed by atoms with Gasteiger partial charge >= 0.3 is 6.09 Å². The molecule has 1 rings (SSSR count). The number of imide groups is 1. The molecule has 4 nitrogen and oxygen atoms in total. The topological polar surface area (TPSA) is 55.4 Å². The summed E-state index contributed by atoms with van der Waals surface area (Å²) in [6.45, 7) is 0. The minimum atomic E-state index is -0.646. The quantitative estimate of drug-likeness (QED) is 0.535. The van der Waals surface area contributed by atoms with E-state index in [-0.39, 0.29) is 6.10 Å². The maximum absolute atomic E-state index is 10.3. The number of carbonyl (C=O) groups excluding carboxylic acids is 2. The lowest BCUT2D eigenvalue weighted by Crippen LogP contribution is -2.22. The van der Waals surface area contributed by atoms with Crippen LogP contribution in [-0.2, 0) is 9.53 Å². The van der Waals surface area contributed by atoms with Crippen molar-refractivity contribution in [2.75, 3.05) is 0 Å². The SMILES string of the molecule is O=CNC(=O)OC1CC1. The molecule has 0 spiro atoms. The molecule has 0 aromatic rings. The molecule has 0 heterocycles. The normalized spacial score (nSPS) is 16.4. The average Bonchev–Trinajstić information content (AvgIpc) is 2.50. The summed E-state index contributed by atoms with van der Waals surface area (Å²) in [5.41, 5.74) is 0. The summed E-state index contributed by atoms with van der Waals surface area (Å²) in [5, 5.41) is 1.88. The van der Waals surface area contributed by atoms with Crippen molar-refractivity contribution in [3.63, 3.8) is 0 Å². The Balaban J connectivity index is 2.09. The van der Waals surface area contributed by atoms with Gasteiger partial charge in [0.15, 0.2) is 0 Å². The van der Waals surface area contributed by atoms with Crippen LogP contribution in [0.25, 0.3) is 0 Å². The van der Waals surface area contributed by atoms with Gasteiger partial charge in [-0.2, -0.15) is 0 Å². The highest BCUT2D eigenvalue weighted by Gasteiger charge is 2.25. The minimum Gasteiger partial charge on any atom is -0.446 e. The molecule has 0 aliphatic heterocycles. The molecule has 2 amide bonds. The molecule has 0 aromatic carbocycles. The first-order chi connectivity index (χ1) is 4.33. The van der Waals surface area contributed by atoms with Gasteiger partial charge in [-0.05, 0) is 12.8 Å². The van der Waals surface area contributed by atoms with Crippen molar-refractivity contribution < 1.29 is 14.3 Å². The van der Waals surface area contributed by atoms with Crippen molar-refractivity contribution in [3.05, 3.63) is 0 Å². The zero-order chi connectivity index (χ0) is 6.69. The molecule has 0 saturated heterocycles. The van der Waals surface area contributed by atoms with Gasteiger partial charge in [0.1, 0.15) is 6.10 Å². The molecule has 1 N–H and O–H groups in total. The Labute approximate surface area is 52.2 Å². The molecule has 0 atom stereocenters. The van der Waals surface area contributed by atoms with Crippen LogP contribution in [0.5, 0.6) is 0 Å². The second-order valence-corrected chi connectivity index (χ2v) is 1.87. The smallest absolute Gasteiger partial charge is 0.413 e. The van der Waals surface area contributed by atoms with Crippen LogP contribution >= 0.6 is 0 Å². The van der Waals surface area contributed by atoms with E-state index in [1.807, 2.05) is 5.32 Å². The van der Waals surface area contributed by atoms with E-state index in [4.69, 9.17) is 0 Å². The van der Waals surface area contributed by atoms with Crippen LogP contribution in [0.1, 0.15) is 12.8 Å². The lowest BCUT2D eigenvalue weighted by Gasteiger charge is -1.97. The number of amides is 2. The number of hydrogen-bond donors (Lipinski definition) is 1. The number of nitrogens with one attached hydrogen (secondary N) is 1. The number of alkyl carbamates (subject to hydrolysis) is 1. The summed E-state index contributed by atoms with van der Waals surface area (Å²) < 4.78 is 4.62. The molecule has 4 heteroatoms. The van der Waals surface area contributed by atoms with E-state index in [9.17, 15) is 9.59 Å². The Kier molecular flexibility index (Phi) is 1.67. The Morgan fingerprint density at radius 3 is 2.78 bits per heavy atom. The highest BCUT2D eigenvalue weighted by Crippen LogP contribution is 2.23. The fourth-order valence-electron chi connectivity index (χ4n) is 0.419. The van der Waals surface area contributed by atoms with Gasteiger partial charge in [0.05, 0.1) is 0 Å². The van der Waals surface area contributed by atoms with Crippen LogP contribution in [0.15, 0.2) is 0 Å². The zero-order valence-electron chi connectivity index (χ0n) is 4.79. The van der Waals surface area contributed by atoms with Crippen molar-refractivity contribution in [3.8, 4) is 0 Å². The summed E-state index contributed by atoms with van der Waals surface area (Å²) in [5.74, 6) is 0. The van der Waals surface area contributed by atoms with E-state index < -0.39 is 6.09 Å². The Morgan fingerprint density at radius 2 is 2.33 bits per heavy atom. The van der Waals surface area contributed by atoms with Gasteiger partial charge in [-0.3, -0.25) is 10.1 Å². The summed E-state index contributed by atoms with van der Waals surface area (Å²) in [7, 11) is 0. The van der Waals surface area contributed by atoms with Gasteiger partial charge in [0.2, 0.25) is 6.41 Å². The lowest BCUT2D eigenvalue weighted by molar-refractivity contribution is -0.109. The van der Waals surface area contributed by atoms with E-state index >= 15 is 0 Å². The first-order valence-electron chi connectivity index (χ1n) is 2.73. The Morgan fingerprint density at radius 1 is 1.67 bits per heavy atom. The number of carbonyl (C=O) groups is 2. The first-order valence-corrected chi connectivity index (χ1v) is 2.73. The predicted octanol–water partition coefficient (Wildman–Crippen LogP) is 0.0314. The zero-order valence-corrected chi connectivity index (χ0v) is 4.79. The van der Waals surface area contributed by atoms with Gasteiger partial charge in [-0.15, -0.1) is 0 Å². The van der Waals surface area contributed by atoms with E-state index in [1.54, 1.807) is 0 Å². The Bertz CT molecular complexity index is 130. The van der Waals surface area contributed by atoms with Gasteiger partial charge < -0.3 is 4.74 Å². The monoisotopic (exact) mass is 129 g/mol. The van der Waals surface area contributed by atoms with Crippen molar-refractivity contribution in [1.82, 2.24) is 5.32 Å². The molecule has 0 unspecified atom stereocenters. The summed E-state index contributed by atoms with van der Waals surface area (Å²) >= 11 is 0. The molecule has 9 heavy (non-hydrogen) atoms.